The van der Waals surface area contributed by atoms with Crippen molar-refractivity contribution in [3.8, 4) is 5.75 Å². The minimum Gasteiger partial charge on any atom is -0.508 e. The summed E-state index contributed by atoms with van der Waals surface area (Å²) < 4.78 is 5.00. The normalized spacial score (nSPS) is 10.9. The van der Waals surface area contributed by atoms with E-state index in [4.69, 9.17) is 4.42 Å². The van der Waals surface area contributed by atoms with E-state index < -0.39 is 5.63 Å². The molecule has 1 heterocycles. The highest BCUT2D eigenvalue weighted by molar-refractivity contribution is 5.87. The third-order valence-corrected chi connectivity index (χ3v) is 2.61. The zero-order valence-corrected chi connectivity index (χ0v) is 10.8. The van der Waals surface area contributed by atoms with E-state index in [2.05, 4.69) is 5.32 Å². The highest BCUT2D eigenvalue weighted by Gasteiger charge is 2.11. The quantitative estimate of drug-likeness (QED) is 0.822. The van der Waals surface area contributed by atoms with Crippen molar-refractivity contribution in [2.45, 2.75) is 26.3 Å². The highest BCUT2D eigenvalue weighted by Crippen LogP contribution is 2.22. The number of aromatic hydroxyl groups is 1. The number of carbonyl (C=O) groups excluding carboxylic acids is 1. The lowest BCUT2D eigenvalue weighted by atomic mass is 10.1. The standard InChI is InChI=1S/C14H15NO4/c1-8(2)15-13(17)5-9-6-14(18)19-12-7-10(16)3-4-11(9)12/h3-4,6-8,16H,5H2,1-2H3,(H,15,17). The smallest absolute Gasteiger partial charge is 0.336 e. The first-order chi connectivity index (χ1) is 8.95. The van der Waals surface area contributed by atoms with Crippen molar-refractivity contribution in [3.05, 3.63) is 40.2 Å². The topological polar surface area (TPSA) is 79.5 Å². The zero-order valence-electron chi connectivity index (χ0n) is 10.8. The molecule has 2 N–H and O–H groups in total. The lowest BCUT2D eigenvalue weighted by Gasteiger charge is -2.09. The molecule has 2 aromatic rings. The summed E-state index contributed by atoms with van der Waals surface area (Å²) >= 11 is 0. The Morgan fingerprint density at radius 3 is 2.79 bits per heavy atom. The average Bonchev–Trinajstić information content (AvgIpc) is 2.26. The van der Waals surface area contributed by atoms with E-state index in [0.29, 0.717) is 10.9 Å². The molecule has 0 saturated heterocycles. The molecule has 100 valence electrons. The maximum atomic E-state index is 11.8. The van der Waals surface area contributed by atoms with Gasteiger partial charge >= 0.3 is 5.63 Å². The molecule has 19 heavy (non-hydrogen) atoms. The second kappa shape index (κ2) is 5.14. The summed E-state index contributed by atoms with van der Waals surface area (Å²) in [4.78, 5) is 23.2. The van der Waals surface area contributed by atoms with Gasteiger partial charge in [0.25, 0.3) is 0 Å². The molecule has 0 radical (unpaired) electrons. The van der Waals surface area contributed by atoms with Gasteiger partial charge in [0.2, 0.25) is 5.91 Å². The van der Waals surface area contributed by atoms with Gasteiger partial charge in [-0.15, -0.1) is 0 Å². The molecule has 0 aliphatic heterocycles. The molecule has 0 fully saturated rings. The first-order valence-corrected chi connectivity index (χ1v) is 6.01. The maximum Gasteiger partial charge on any atom is 0.336 e. The molecule has 0 bridgehead atoms. The molecule has 5 heteroatoms. The summed E-state index contributed by atoms with van der Waals surface area (Å²) in [6.07, 6.45) is 0.102. The predicted octanol–water partition coefficient (Wildman–Crippen LogP) is 1.57. The summed E-state index contributed by atoms with van der Waals surface area (Å²) in [5.41, 5.74) is 0.328. The van der Waals surface area contributed by atoms with Crippen molar-refractivity contribution in [2.24, 2.45) is 0 Å². The van der Waals surface area contributed by atoms with Gasteiger partial charge in [0.15, 0.2) is 0 Å². The number of rotatable bonds is 3. The van der Waals surface area contributed by atoms with Crippen molar-refractivity contribution < 1.29 is 14.3 Å². The largest absolute Gasteiger partial charge is 0.508 e. The molecule has 0 atom stereocenters. The van der Waals surface area contributed by atoms with Gasteiger partial charge in [0, 0.05) is 23.6 Å². The van der Waals surface area contributed by atoms with Crippen LogP contribution in [0, 0.1) is 0 Å². The maximum absolute atomic E-state index is 11.8. The van der Waals surface area contributed by atoms with E-state index in [1.807, 2.05) is 13.8 Å². The van der Waals surface area contributed by atoms with Gasteiger partial charge in [-0.2, -0.15) is 0 Å². The van der Waals surface area contributed by atoms with Gasteiger partial charge in [0.05, 0.1) is 6.42 Å². The van der Waals surface area contributed by atoms with Crippen LogP contribution in [0.15, 0.2) is 33.5 Å². The van der Waals surface area contributed by atoms with Crippen molar-refractivity contribution >= 4 is 16.9 Å². The Kier molecular flexibility index (Phi) is 3.55. The fourth-order valence-corrected chi connectivity index (χ4v) is 1.91. The van der Waals surface area contributed by atoms with Crippen LogP contribution in [0.5, 0.6) is 5.75 Å². The summed E-state index contributed by atoms with van der Waals surface area (Å²) in [6, 6.07) is 5.83. The van der Waals surface area contributed by atoms with Crippen molar-refractivity contribution in [2.75, 3.05) is 0 Å². The second-order valence-electron chi connectivity index (χ2n) is 4.67. The van der Waals surface area contributed by atoms with Crippen LogP contribution in [0.25, 0.3) is 11.0 Å². The lowest BCUT2D eigenvalue weighted by Crippen LogP contribution is -2.31. The molecule has 1 amide bonds. The monoisotopic (exact) mass is 261 g/mol. The third kappa shape index (κ3) is 3.13. The van der Waals surface area contributed by atoms with E-state index in [9.17, 15) is 14.7 Å². The Labute approximate surface area is 109 Å². The number of phenols is 1. The zero-order chi connectivity index (χ0) is 14.0. The van der Waals surface area contributed by atoms with Gasteiger partial charge < -0.3 is 14.8 Å². The first kappa shape index (κ1) is 13.1. The first-order valence-electron chi connectivity index (χ1n) is 6.01. The van der Waals surface area contributed by atoms with Gasteiger partial charge in [-0.25, -0.2) is 4.79 Å². The summed E-state index contributed by atoms with van der Waals surface area (Å²) in [5, 5.41) is 12.8. The average molecular weight is 261 g/mol. The minimum atomic E-state index is -0.537. The predicted molar refractivity (Wildman–Crippen MR) is 71.1 cm³/mol. The lowest BCUT2D eigenvalue weighted by molar-refractivity contribution is -0.120. The molecule has 0 aliphatic rings. The fourth-order valence-electron chi connectivity index (χ4n) is 1.91. The van der Waals surface area contributed by atoms with Crippen molar-refractivity contribution in [1.82, 2.24) is 5.32 Å². The SMILES string of the molecule is CC(C)NC(=O)Cc1cc(=O)oc2cc(O)ccc12. The number of hydrogen-bond donors (Lipinski definition) is 2. The number of benzene rings is 1. The van der Waals surface area contributed by atoms with Crippen LogP contribution < -0.4 is 10.9 Å². The Bertz CT molecular complexity index is 673. The Hall–Kier alpha value is -2.30. The Morgan fingerprint density at radius 1 is 1.37 bits per heavy atom. The van der Waals surface area contributed by atoms with Crippen LogP contribution >= 0.6 is 0 Å². The molecule has 0 saturated carbocycles. The summed E-state index contributed by atoms with van der Waals surface area (Å²) in [5.74, 6) is -0.144. The molecular formula is C14H15NO4. The molecule has 5 nitrogen and oxygen atoms in total. The Balaban J connectivity index is 2.42. The number of fused-ring (bicyclic) bond motifs is 1. The molecule has 1 aromatic carbocycles. The number of phenolic OH excluding ortho intramolecular Hbond substituents is 1. The van der Waals surface area contributed by atoms with Crippen LogP contribution in [-0.4, -0.2) is 17.1 Å². The number of nitrogens with one attached hydrogen (secondary N) is 1. The Morgan fingerprint density at radius 2 is 2.11 bits per heavy atom. The van der Waals surface area contributed by atoms with E-state index in [1.54, 1.807) is 6.07 Å². The number of carbonyl (C=O) groups is 1. The molecule has 2 rings (SSSR count). The van der Waals surface area contributed by atoms with Gasteiger partial charge in [-0.3, -0.25) is 4.79 Å². The molecule has 0 aliphatic carbocycles. The van der Waals surface area contributed by atoms with E-state index in [1.165, 1.54) is 18.2 Å². The molecule has 0 unspecified atom stereocenters. The van der Waals surface area contributed by atoms with E-state index >= 15 is 0 Å². The minimum absolute atomic E-state index is 0.0134. The van der Waals surface area contributed by atoms with Gasteiger partial charge in [-0.1, -0.05) is 0 Å². The number of amides is 1. The van der Waals surface area contributed by atoms with Crippen LogP contribution in [0.4, 0.5) is 0 Å². The molecule has 0 spiro atoms. The van der Waals surface area contributed by atoms with Crippen LogP contribution in [0.1, 0.15) is 19.4 Å². The number of hydrogen-bond acceptors (Lipinski definition) is 4. The van der Waals surface area contributed by atoms with Crippen LogP contribution in [0.3, 0.4) is 0 Å². The van der Waals surface area contributed by atoms with E-state index in [-0.39, 0.29) is 29.7 Å². The summed E-state index contributed by atoms with van der Waals surface area (Å²) in [7, 11) is 0. The van der Waals surface area contributed by atoms with Crippen LogP contribution in [-0.2, 0) is 11.2 Å². The van der Waals surface area contributed by atoms with Crippen molar-refractivity contribution in [1.29, 1.82) is 0 Å². The molecule has 1 aromatic heterocycles. The fraction of sp³-hybridized carbons (Fsp3) is 0.286. The van der Waals surface area contributed by atoms with Crippen LogP contribution in [0.2, 0.25) is 0 Å². The van der Waals surface area contributed by atoms with Gasteiger partial charge in [0.1, 0.15) is 11.3 Å². The second-order valence-corrected chi connectivity index (χ2v) is 4.67. The van der Waals surface area contributed by atoms with Crippen molar-refractivity contribution in [3.63, 3.8) is 0 Å². The third-order valence-electron chi connectivity index (χ3n) is 2.61. The molecular weight excluding hydrogens is 246 g/mol. The van der Waals surface area contributed by atoms with E-state index in [0.717, 1.165) is 0 Å². The highest BCUT2D eigenvalue weighted by atomic mass is 16.4. The van der Waals surface area contributed by atoms with Gasteiger partial charge in [-0.05, 0) is 31.5 Å². The summed E-state index contributed by atoms with van der Waals surface area (Å²) in [6.45, 7) is 3.74.